The normalized spacial score (nSPS) is 14.6. The highest BCUT2D eigenvalue weighted by molar-refractivity contribution is 7.99. The number of amides is 1. The fraction of sp³-hybridized carbons (Fsp3) is 0.409. The van der Waals surface area contributed by atoms with Gasteiger partial charge in [-0.15, -0.1) is 11.8 Å². The highest BCUT2D eigenvalue weighted by Crippen LogP contribution is 2.26. The van der Waals surface area contributed by atoms with Crippen LogP contribution in [0.3, 0.4) is 0 Å². The number of carbonyl (C=O) groups is 1. The summed E-state index contributed by atoms with van der Waals surface area (Å²) in [7, 11) is 0. The van der Waals surface area contributed by atoms with Crippen molar-refractivity contribution in [3.05, 3.63) is 65.2 Å². The van der Waals surface area contributed by atoms with Gasteiger partial charge in [0.2, 0.25) is 5.91 Å². The monoisotopic (exact) mass is 353 g/mol. The van der Waals surface area contributed by atoms with Gasteiger partial charge >= 0.3 is 0 Å². The summed E-state index contributed by atoms with van der Waals surface area (Å²) in [6.07, 6.45) is 6.46. The van der Waals surface area contributed by atoms with Crippen LogP contribution in [0.5, 0.6) is 0 Å². The summed E-state index contributed by atoms with van der Waals surface area (Å²) in [5, 5.41) is 3.22. The predicted molar refractivity (Wildman–Crippen MR) is 106 cm³/mol. The van der Waals surface area contributed by atoms with Crippen LogP contribution in [-0.4, -0.2) is 11.7 Å². The molecule has 0 bridgehead atoms. The number of benzene rings is 2. The molecular formula is C22H27NOS. The molecule has 1 atom stereocenters. The molecule has 1 N–H and O–H groups in total. The van der Waals surface area contributed by atoms with Crippen LogP contribution >= 0.6 is 11.8 Å². The Hall–Kier alpha value is -1.74. The lowest BCUT2D eigenvalue weighted by Crippen LogP contribution is -2.28. The molecule has 0 aromatic heterocycles. The van der Waals surface area contributed by atoms with Gasteiger partial charge in [0, 0.05) is 17.1 Å². The number of nitrogens with one attached hydrogen (secondary N) is 1. The molecule has 132 valence electrons. The maximum atomic E-state index is 12.3. The Balaban J connectivity index is 1.53. The van der Waals surface area contributed by atoms with Gasteiger partial charge in [-0.3, -0.25) is 4.79 Å². The molecule has 3 heteroatoms. The molecule has 25 heavy (non-hydrogen) atoms. The van der Waals surface area contributed by atoms with E-state index < -0.39 is 0 Å². The van der Waals surface area contributed by atoms with Crippen LogP contribution in [0.4, 0.5) is 0 Å². The van der Waals surface area contributed by atoms with Crippen molar-refractivity contribution >= 4 is 17.7 Å². The third-order valence-electron chi connectivity index (χ3n) is 4.86. The summed E-state index contributed by atoms with van der Waals surface area (Å²) in [5.41, 5.74) is 4.23. The fourth-order valence-corrected chi connectivity index (χ4v) is 4.31. The number of fused-ring (bicyclic) bond motifs is 1. The summed E-state index contributed by atoms with van der Waals surface area (Å²) in [4.78, 5) is 13.6. The molecule has 0 fully saturated rings. The first-order valence-electron chi connectivity index (χ1n) is 9.35. The number of carbonyl (C=O) groups excluding carboxylic acids is 1. The minimum atomic E-state index is 0.126. The molecule has 0 saturated heterocycles. The van der Waals surface area contributed by atoms with Crippen LogP contribution in [0.1, 0.15) is 55.3 Å². The van der Waals surface area contributed by atoms with E-state index in [4.69, 9.17) is 0 Å². The van der Waals surface area contributed by atoms with E-state index in [0.29, 0.717) is 6.42 Å². The second-order valence-corrected chi connectivity index (χ2v) is 7.84. The van der Waals surface area contributed by atoms with Gasteiger partial charge in [-0.05, 0) is 60.9 Å². The second-order valence-electron chi connectivity index (χ2n) is 6.68. The average molecular weight is 354 g/mol. The summed E-state index contributed by atoms with van der Waals surface area (Å²) in [5.74, 6) is 0.962. The van der Waals surface area contributed by atoms with Crippen molar-refractivity contribution in [2.45, 2.75) is 56.4 Å². The second kappa shape index (κ2) is 9.10. The Morgan fingerprint density at radius 3 is 2.60 bits per heavy atom. The van der Waals surface area contributed by atoms with E-state index in [-0.39, 0.29) is 11.9 Å². The SMILES string of the molecule is CC[C@@H](NC(=O)CCSc1ccccc1)c1ccc2c(c1)CCCC2. The number of thioether (sulfide) groups is 1. The van der Waals surface area contributed by atoms with Crippen molar-refractivity contribution < 1.29 is 4.79 Å². The van der Waals surface area contributed by atoms with Crippen LogP contribution in [0.15, 0.2) is 53.4 Å². The Bertz CT molecular complexity index is 698. The van der Waals surface area contributed by atoms with Gasteiger partial charge in [0.1, 0.15) is 0 Å². The van der Waals surface area contributed by atoms with E-state index in [9.17, 15) is 4.79 Å². The molecule has 1 amide bonds. The smallest absolute Gasteiger partial charge is 0.221 e. The maximum Gasteiger partial charge on any atom is 0.221 e. The van der Waals surface area contributed by atoms with Gasteiger partial charge in [0.05, 0.1) is 6.04 Å². The van der Waals surface area contributed by atoms with Crippen molar-refractivity contribution in [3.8, 4) is 0 Å². The molecule has 2 aromatic carbocycles. The van der Waals surface area contributed by atoms with Crippen molar-refractivity contribution in [2.75, 3.05) is 5.75 Å². The number of aryl methyl sites for hydroxylation is 2. The molecule has 2 aromatic rings. The summed E-state index contributed by atoms with van der Waals surface area (Å²) < 4.78 is 0. The lowest BCUT2D eigenvalue weighted by molar-refractivity contribution is -0.121. The Kier molecular flexibility index (Phi) is 6.57. The van der Waals surface area contributed by atoms with E-state index >= 15 is 0 Å². The Morgan fingerprint density at radius 1 is 1.08 bits per heavy atom. The molecule has 1 aliphatic rings. The molecule has 0 aliphatic heterocycles. The lowest BCUT2D eigenvalue weighted by Gasteiger charge is -2.21. The van der Waals surface area contributed by atoms with Crippen molar-refractivity contribution in [3.63, 3.8) is 0 Å². The zero-order chi connectivity index (χ0) is 17.5. The summed E-state index contributed by atoms with van der Waals surface area (Å²) in [6.45, 7) is 2.14. The van der Waals surface area contributed by atoms with E-state index in [1.54, 1.807) is 11.8 Å². The van der Waals surface area contributed by atoms with Gasteiger partial charge < -0.3 is 5.32 Å². The number of hydrogen-bond acceptors (Lipinski definition) is 2. The molecule has 0 unspecified atom stereocenters. The minimum Gasteiger partial charge on any atom is -0.349 e. The zero-order valence-corrected chi connectivity index (χ0v) is 15.8. The van der Waals surface area contributed by atoms with Crippen LogP contribution in [-0.2, 0) is 17.6 Å². The number of hydrogen-bond donors (Lipinski definition) is 1. The third kappa shape index (κ3) is 5.12. The van der Waals surface area contributed by atoms with Crippen molar-refractivity contribution in [2.24, 2.45) is 0 Å². The minimum absolute atomic E-state index is 0.126. The molecule has 1 aliphatic carbocycles. The van der Waals surface area contributed by atoms with Crippen molar-refractivity contribution in [1.29, 1.82) is 0 Å². The molecule has 0 saturated carbocycles. The highest BCUT2D eigenvalue weighted by atomic mass is 32.2. The number of rotatable bonds is 7. The van der Waals surface area contributed by atoms with E-state index in [2.05, 4.69) is 42.6 Å². The van der Waals surface area contributed by atoms with Crippen molar-refractivity contribution in [1.82, 2.24) is 5.32 Å². The standard InChI is InChI=1S/C22H27NOS/c1-2-21(19-13-12-17-8-6-7-9-18(17)16-19)23-22(24)14-15-25-20-10-4-3-5-11-20/h3-5,10-13,16,21H,2,6-9,14-15H2,1H3,(H,23,24)/t21-/m1/s1. The molecule has 2 nitrogen and oxygen atoms in total. The quantitative estimate of drug-likeness (QED) is 0.683. The summed E-state index contributed by atoms with van der Waals surface area (Å²) >= 11 is 1.74. The van der Waals surface area contributed by atoms with Gasteiger partial charge in [-0.2, -0.15) is 0 Å². The zero-order valence-electron chi connectivity index (χ0n) is 15.0. The van der Waals surface area contributed by atoms with Crippen LogP contribution in [0.2, 0.25) is 0 Å². The van der Waals surface area contributed by atoms with Gasteiger partial charge in [-0.1, -0.05) is 43.3 Å². The predicted octanol–water partition coefficient (Wildman–Crippen LogP) is 5.32. The molecule has 0 heterocycles. The largest absolute Gasteiger partial charge is 0.349 e. The third-order valence-corrected chi connectivity index (χ3v) is 5.87. The fourth-order valence-electron chi connectivity index (χ4n) is 3.44. The molecule has 0 radical (unpaired) electrons. The van der Waals surface area contributed by atoms with Crippen LogP contribution < -0.4 is 5.32 Å². The summed E-state index contributed by atoms with van der Waals surface area (Å²) in [6, 6.07) is 17.2. The first-order chi connectivity index (χ1) is 12.3. The van der Waals surface area contributed by atoms with E-state index in [1.165, 1.54) is 47.3 Å². The van der Waals surface area contributed by atoms with Crippen LogP contribution in [0, 0.1) is 0 Å². The van der Waals surface area contributed by atoms with Gasteiger partial charge in [-0.25, -0.2) is 0 Å². The average Bonchev–Trinajstić information content (AvgIpc) is 2.66. The van der Waals surface area contributed by atoms with Gasteiger partial charge in [0.15, 0.2) is 0 Å². The molecule has 3 rings (SSSR count). The Morgan fingerprint density at radius 2 is 1.84 bits per heavy atom. The van der Waals surface area contributed by atoms with E-state index in [1.807, 2.05) is 18.2 Å². The molecule has 0 spiro atoms. The Labute approximate surface area is 155 Å². The lowest BCUT2D eigenvalue weighted by atomic mass is 9.89. The first kappa shape index (κ1) is 18.1. The first-order valence-corrected chi connectivity index (χ1v) is 10.3. The molecular weight excluding hydrogens is 326 g/mol. The topological polar surface area (TPSA) is 29.1 Å². The highest BCUT2D eigenvalue weighted by Gasteiger charge is 2.16. The van der Waals surface area contributed by atoms with E-state index in [0.717, 1.165) is 12.2 Å². The maximum absolute atomic E-state index is 12.3. The van der Waals surface area contributed by atoms with Gasteiger partial charge in [0.25, 0.3) is 0 Å². The van der Waals surface area contributed by atoms with Crippen LogP contribution in [0.25, 0.3) is 0 Å².